The van der Waals surface area contributed by atoms with Gasteiger partial charge in [-0.2, -0.15) is 5.10 Å². The van der Waals surface area contributed by atoms with Gasteiger partial charge in [0.05, 0.1) is 24.6 Å². The molecule has 1 aliphatic heterocycles. The molecule has 6 heteroatoms. The monoisotopic (exact) mass is 439 g/mol. The number of benzene rings is 2. The van der Waals surface area contributed by atoms with Crippen molar-refractivity contribution in [3.63, 3.8) is 0 Å². The molecule has 1 unspecified atom stereocenters. The molecule has 0 saturated carbocycles. The van der Waals surface area contributed by atoms with Crippen LogP contribution in [0, 0.1) is 0 Å². The molecule has 2 aromatic carbocycles. The predicted octanol–water partition coefficient (Wildman–Crippen LogP) is 5.96. The Hall–Kier alpha value is -2.21. The van der Waals surface area contributed by atoms with Crippen LogP contribution in [0.4, 0.5) is 0 Å². The third-order valence-electron chi connectivity index (χ3n) is 5.20. The SMILES string of the molecule is CC(C)c1ccc(C=Nn2c(-c3ccc(Cl)cc3)csc2=NCC2CCCO2)cc1. The molecule has 0 spiro atoms. The fraction of sp³-hybridized carbons (Fsp3) is 0.333. The summed E-state index contributed by atoms with van der Waals surface area (Å²) < 4.78 is 7.64. The Balaban J connectivity index is 1.67. The van der Waals surface area contributed by atoms with E-state index in [-0.39, 0.29) is 6.10 Å². The Morgan fingerprint density at radius 1 is 1.17 bits per heavy atom. The van der Waals surface area contributed by atoms with Crippen molar-refractivity contribution in [1.29, 1.82) is 0 Å². The first-order chi connectivity index (χ1) is 14.6. The third-order valence-corrected chi connectivity index (χ3v) is 6.31. The van der Waals surface area contributed by atoms with Crippen molar-refractivity contribution in [2.45, 2.75) is 38.7 Å². The zero-order valence-electron chi connectivity index (χ0n) is 17.3. The summed E-state index contributed by atoms with van der Waals surface area (Å²) in [5.74, 6) is 0.516. The van der Waals surface area contributed by atoms with Crippen LogP contribution >= 0.6 is 22.9 Å². The maximum absolute atomic E-state index is 6.08. The molecule has 1 aliphatic rings. The summed E-state index contributed by atoms with van der Waals surface area (Å²) in [5.41, 5.74) is 4.44. The highest BCUT2D eigenvalue weighted by molar-refractivity contribution is 7.07. The fourth-order valence-corrected chi connectivity index (χ4v) is 4.37. The second-order valence-corrected chi connectivity index (χ2v) is 9.04. The number of nitrogens with zero attached hydrogens (tertiary/aromatic N) is 3. The molecular weight excluding hydrogens is 414 g/mol. The molecule has 0 N–H and O–H groups in total. The molecule has 3 aromatic rings. The van der Waals surface area contributed by atoms with Gasteiger partial charge in [-0.1, -0.05) is 61.8 Å². The van der Waals surface area contributed by atoms with Gasteiger partial charge in [0, 0.05) is 22.6 Å². The van der Waals surface area contributed by atoms with Crippen molar-refractivity contribution in [1.82, 2.24) is 4.68 Å². The molecule has 1 saturated heterocycles. The minimum Gasteiger partial charge on any atom is -0.376 e. The van der Waals surface area contributed by atoms with Crippen LogP contribution in [0.2, 0.25) is 5.02 Å². The normalized spacial score (nSPS) is 17.5. The summed E-state index contributed by atoms with van der Waals surface area (Å²) in [6.07, 6.45) is 4.30. The first-order valence-corrected chi connectivity index (χ1v) is 11.6. The summed E-state index contributed by atoms with van der Waals surface area (Å²) in [7, 11) is 0. The van der Waals surface area contributed by atoms with Gasteiger partial charge in [-0.05, 0) is 42.0 Å². The molecule has 0 bridgehead atoms. The molecule has 0 aliphatic carbocycles. The molecule has 30 heavy (non-hydrogen) atoms. The maximum atomic E-state index is 6.08. The molecule has 4 rings (SSSR count). The van der Waals surface area contributed by atoms with Crippen molar-refractivity contribution in [2.24, 2.45) is 10.1 Å². The number of halogens is 1. The van der Waals surface area contributed by atoms with E-state index in [9.17, 15) is 0 Å². The average molecular weight is 440 g/mol. The largest absolute Gasteiger partial charge is 0.376 e. The van der Waals surface area contributed by atoms with Crippen molar-refractivity contribution in [3.05, 3.63) is 74.9 Å². The maximum Gasteiger partial charge on any atom is 0.206 e. The Bertz CT molecular complexity index is 1060. The van der Waals surface area contributed by atoms with E-state index < -0.39 is 0 Å². The zero-order valence-corrected chi connectivity index (χ0v) is 18.9. The predicted molar refractivity (Wildman–Crippen MR) is 126 cm³/mol. The molecule has 0 radical (unpaired) electrons. The molecule has 1 fully saturated rings. The van der Waals surface area contributed by atoms with Gasteiger partial charge in [0.15, 0.2) is 0 Å². The van der Waals surface area contributed by atoms with Crippen molar-refractivity contribution >= 4 is 29.2 Å². The van der Waals surface area contributed by atoms with Gasteiger partial charge in [0.1, 0.15) is 0 Å². The molecule has 2 heterocycles. The van der Waals surface area contributed by atoms with E-state index in [1.165, 1.54) is 5.56 Å². The lowest BCUT2D eigenvalue weighted by Crippen LogP contribution is -2.17. The van der Waals surface area contributed by atoms with Gasteiger partial charge >= 0.3 is 0 Å². The van der Waals surface area contributed by atoms with Crippen molar-refractivity contribution in [2.75, 3.05) is 13.2 Å². The first-order valence-electron chi connectivity index (χ1n) is 10.3. The number of thiazole rings is 1. The Morgan fingerprint density at radius 3 is 2.60 bits per heavy atom. The number of hydrogen-bond acceptors (Lipinski definition) is 4. The Morgan fingerprint density at radius 2 is 1.93 bits per heavy atom. The quantitative estimate of drug-likeness (QED) is 0.437. The molecule has 1 aromatic heterocycles. The Labute approximate surface area is 186 Å². The topological polar surface area (TPSA) is 38.9 Å². The molecule has 4 nitrogen and oxygen atoms in total. The first kappa shape index (κ1) is 21.0. The average Bonchev–Trinajstić information content (AvgIpc) is 3.41. The van der Waals surface area contributed by atoms with Gasteiger partial charge in [-0.15, -0.1) is 11.3 Å². The standard InChI is InChI=1S/C24H26ClN3OS/c1-17(2)19-7-5-18(6-8-19)14-27-28-23(20-9-11-21(25)12-10-20)16-30-24(28)26-15-22-4-3-13-29-22/h5-12,14,16-17,22H,3-4,13,15H2,1-2H3. The highest BCUT2D eigenvalue weighted by Crippen LogP contribution is 2.22. The van der Waals surface area contributed by atoms with Crippen LogP contribution in [-0.2, 0) is 4.74 Å². The lowest BCUT2D eigenvalue weighted by Gasteiger charge is -2.06. The second kappa shape index (κ2) is 9.73. The van der Waals surface area contributed by atoms with E-state index >= 15 is 0 Å². The van der Waals surface area contributed by atoms with E-state index in [1.54, 1.807) is 11.3 Å². The summed E-state index contributed by atoms with van der Waals surface area (Å²) >= 11 is 7.67. The van der Waals surface area contributed by atoms with Crippen LogP contribution in [0.1, 0.15) is 43.7 Å². The molecule has 1 atom stereocenters. The van der Waals surface area contributed by atoms with E-state index in [2.05, 4.69) is 43.5 Å². The zero-order chi connectivity index (χ0) is 20.9. The number of hydrogen-bond donors (Lipinski definition) is 0. The van der Waals surface area contributed by atoms with E-state index in [4.69, 9.17) is 26.4 Å². The van der Waals surface area contributed by atoms with Crippen molar-refractivity contribution < 1.29 is 4.74 Å². The smallest absolute Gasteiger partial charge is 0.206 e. The molecule has 156 valence electrons. The molecule has 0 amide bonds. The van der Waals surface area contributed by atoms with Gasteiger partial charge in [0.25, 0.3) is 0 Å². The van der Waals surface area contributed by atoms with E-state index in [0.29, 0.717) is 12.5 Å². The highest BCUT2D eigenvalue weighted by atomic mass is 35.5. The highest BCUT2D eigenvalue weighted by Gasteiger charge is 2.15. The summed E-state index contributed by atoms with van der Waals surface area (Å²) in [5, 5.41) is 7.60. The summed E-state index contributed by atoms with van der Waals surface area (Å²) in [6, 6.07) is 16.4. The van der Waals surface area contributed by atoms with Crippen LogP contribution in [0.3, 0.4) is 0 Å². The lowest BCUT2D eigenvalue weighted by molar-refractivity contribution is 0.117. The minimum absolute atomic E-state index is 0.215. The number of ether oxygens (including phenoxy) is 1. The molecular formula is C24H26ClN3OS. The van der Waals surface area contributed by atoms with Crippen LogP contribution in [0.5, 0.6) is 0 Å². The van der Waals surface area contributed by atoms with Gasteiger partial charge in [-0.3, -0.25) is 4.99 Å². The van der Waals surface area contributed by atoms with Gasteiger partial charge < -0.3 is 4.74 Å². The summed E-state index contributed by atoms with van der Waals surface area (Å²) in [6.45, 7) is 5.90. The van der Waals surface area contributed by atoms with Gasteiger partial charge in [-0.25, -0.2) is 4.68 Å². The van der Waals surface area contributed by atoms with Crippen LogP contribution in [-0.4, -0.2) is 30.1 Å². The van der Waals surface area contributed by atoms with Gasteiger partial charge in [0.2, 0.25) is 4.80 Å². The van der Waals surface area contributed by atoms with E-state index in [0.717, 1.165) is 46.1 Å². The Kier molecular flexibility index (Phi) is 6.82. The summed E-state index contributed by atoms with van der Waals surface area (Å²) in [4.78, 5) is 5.68. The minimum atomic E-state index is 0.215. The van der Waals surface area contributed by atoms with Crippen LogP contribution in [0.25, 0.3) is 11.3 Å². The van der Waals surface area contributed by atoms with Crippen LogP contribution < -0.4 is 4.80 Å². The van der Waals surface area contributed by atoms with Crippen LogP contribution in [0.15, 0.2) is 64.0 Å². The fourth-order valence-electron chi connectivity index (χ4n) is 3.40. The number of aromatic nitrogens is 1. The second-order valence-electron chi connectivity index (χ2n) is 7.76. The number of rotatable bonds is 6. The lowest BCUT2D eigenvalue weighted by atomic mass is 10.0. The van der Waals surface area contributed by atoms with E-state index in [1.807, 2.05) is 35.2 Å². The van der Waals surface area contributed by atoms with Crippen molar-refractivity contribution in [3.8, 4) is 11.3 Å². The third kappa shape index (κ3) is 5.09.